The average molecular weight is 333 g/mol. The zero-order chi connectivity index (χ0) is 15.5. The van der Waals surface area contributed by atoms with Crippen molar-refractivity contribution in [2.45, 2.75) is 30.3 Å². The first-order chi connectivity index (χ1) is 10.5. The van der Waals surface area contributed by atoms with Gasteiger partial charge in [-0.15, -0.1) is 22.8 Å². The quantitative estimate of drug-likeness (QED) is 0.726. The third kappa shape index (κ3) is 1.85. The summed E-state index contributed by atoms with van der Waals surface area (Å²) in [4.78, 5) is 0. The summed E-state index contributed by atoms with van der Waals surface area (Å²) < 4.78 is 4.06. The maximum atomic E-state index is 6.48. The van der Waals surface area contributed by atoms with E-state index in [1.54, 1.807) is 0 Å². The normalized spacial score (nSPS) is 24.6. The fourth-order valence-electron chi connectivity index (χ4n) is 3.78. The van der Waals surface area contributed by atoms with Crippen molar-refractivity contribution < 1.29 is 0 Å². The van der Waals surface area contributed by atoms with Crippen molar-refractivity contribution in [1.82, 2.24) is 19.2 Å². The maximum absolute atomic E-state index is 6.48. The number of pyridine rings is 1. The summed E-state index contributed by atoms with van der Waals surface area (Å²) in [5.41, 5.74) is 2.11. The van der Waals surface area contributed by atoms with E-state index >= 15 is 0 Å². The van der Waals surface area contributed by atoms with E-state index in [1.165, 1.54) is 5.56 Å². The topological polar surface area (TPSA) is 35.1 Å². The van der Waals surface area contributed by atoms with Gasteiger partial charge in [0.1, 0.15) is 5.82 Å². The molecule has 3 aromatic heterocycles. The van der Waals surface area contributed by atoms with Crippen molar-refractivity contribution in [2.75, 3.05) is 0 Å². The van der Waals surface area contributed by atoms with E-state index < -0.39 is 0 Å². The van der Waals surface area contributed by atoms with Gasteiger partial charge in [0, 0.05) is 19.4 Å². The fourth-order valence-corrected chi connectivity index (χ4v) is 4.20. The lowest BCUT2D eigenvalue weighted by molar-refractivity contribution is 0.184. The molecule has 4 nitrogen and oxygen atoms in total. The van der Waals surface area contributed by atoms with E-state index in [1.807, 2.05) is 29.9 Å². The van der Waals surface area contributed by atoms with Gasteiger partial charge in [-0.1, -0.05) is 18.5 Å². The lowest BCUT2D eigenvalue weighted by Crippen LogP contribution is -2.43. The Bertz CT molecular complexity index is 860. The van der Waals surface area contributed by atoms with Crippen molar-refractivity contribution in [1.29, 1.82) is 0 Å². The van der Waals surface area contributed by atoms with Crippen LogP contribution in [0.15, 0.2) is 35.7 Å². The zero-order valence-electron chi connectivity index (χ0n) is 12.5. The fraction of sp³-hybridized carbons (Fsp3) is 0.375. The monoisotopic (exact) mass is 332 g/mol. The number of aromatic nitrogens is 4. The highest BCUT2D eigenvalue weighted by atomic mass is 35.5. The van der Waals surface area contributed by atoms with Crippen molar-refractivity contribution in [2.24, 2.45) is 13.0 Å². The molecule has 0 radical (unpaired) electrons. The van der Waals surface area contributed by atoms with Crippen LogP contribution in [0.4, 0.5) is 0 Å². The summed E-state index contributed by atoms with van der Waals surface area (Å²) in [5, 5.41) is 9.94. The molecule has 0 aliphatic heterocycles. The van der Waals surface area contributed by atoms with Gasteiger partial charge in [0.05, 0.1) is 16.0 Å². The van der Waals surface area contributed by atoms with E-state index in [-0.39, 0.29) is 5.41 Å². The number of rotatable bonds is 2. The highest BCUT2D eigenvalue weighted by Crippen LogP contribution is 2.52. The Morgan fingerprint density at radius 1 is 1.36 bits per heavy atom. The number of thiol groups is 1. The molecule has 1 saturated carbocycles. The first-order valence-corrected chi connectivity index (χ1v) is 8.19. The van der Waals surface area contributed by atoms with E-state index in [0.29, 0.717) is 11.1 Å². The van der Waals surface area contributed by atoms with Crippen LogP contribution < -0.4 is 0 Å². The molecule has 3 aromatic rings. The number of fused-ring (bicyclic) bond motifs is 1. The van der Waals surface area contributed by atoms with Gasteiger partial charge in [0.25, 0.3) is 0 Å². The van der Waals surface area contributed by atoms with Crippen LogP contribution in [0.1, 0.15) is 31.2 Å². The molecule has 0 N–H and O–H groups in total. The van der Waals surface area contributed by atoms with E-state index in [2.05, 4.69) is 46.4 Å². The summed E-state index contributed by atoms with van der Waals surface area (Å²) in [6.45, 7) is 2.27. The van der Waals surface area contributed by atoms with Gasteiger partial charge in [-0.05, 0) is 42.5 Å². The molecule has 114 valence electrons. The van der Waals surface area contributed by atoms with Gasteiger partial charge in [-0.25, -0.2) is 0 Å². The Balaban J connectivity index is 1.93. The molecule has 6 heteroatoms. The molecule has 1 aliphatic carbocycles. The van der Waals surface area contributed by atoms with Gasteiger partial charge in [0.15, 0.2) is 5.16 Å². The first kappa shape index (κ1) is 14.2. The van der Waals surface area contributed by atoms with E-state index in [9.17, 15) is 0 Å². The third-order valence-corrected chi connectivity index (χ3v) is 5.50. The summed E-state index contributed by atoms with van der Waals surface area (Å²) in [6, 6.07) is 6.11. The molecule has 0 saturated heterocycles. The Kier molecular flexibility index (Phi) is 3.07. The first-order valence-electron chi connectivity index (χ1n) is 7.37. The molecule has 3 heterocycles. The van der Waals surface area contributed by atoms with E-state index in [0.717, 1.165) is 29.2 Å². The number of nitrogens with zero attached hydrogens (tertiary/aromatic N) is 4. The van der Waals surface area contributed by atoms with Gasteiger partial charge in [0.2, 0.25) is 0 Å². The largest absolute Gasteiger partial charge is 0.322 e. The van der Waals surface area contributed by atoms with Crippen molar-refractivity contribution in [3.8, 4) is 0 Å². The zero-order valence-corrected chi connectivity index (χ0v) is 14.1. The molecule has 22 heavy (non-hydrogen) atoms. The van der Waals surface area contributed by atoms with Crippen LogP contribution >= 0.6 is 24.2 Å². The SMILES string of the molecule is CC1CC(c2cc(Cl)c3cccn3c2)(c2nnc(S)n2C)C1. The lowest BCUT2D eigenvalue weighted by Gasteiger charge is -2.46. The molecule has 0 bridgehead atoms. The van der Waals surface area contributed by atoms with Gasteiger partial charge in [-0.2, -0.15) is 0 Å². The highest BCUT2D eigenvalue weighted by Gasteiger charge is 2.48. The second-order valence-corrected chi connectivity index (χ2v) is 7.16. The Morgan fingerprint density at radius 3 is 2.77 bits per heavy atom. The summed E-state index contributed by atoms with van der Waals surface area (Å²) >= 11 is 10.9. The van der Waals surface area contributed by atoms with Crippen LogP contribution in [0.25, 0.3) is 5.52 Å². The number of hydrogen-bond donors (Lipinski definition) is 1. The van der Waals surface area contributed by atoms with Crippen molar-refractivity contribution in [3.63, 3.8) is 0 Å². The second-order valence-electron chi connectivity index (χ2n) is 6.36. The smallest absolute Gasteiger partial charge is 0.187 e. The Labute approximate surface area is 139 Å². The van der Waals surface area contributed by atoms with Crippen LogP contribution in [-0.4, -0.2) is 19.2 Å². The minimum atomic E-state index is -0.121. The summed E-state index contributed by atoms with van der Waals surface area (Å²) in [7, 11) is 1.97. The van der Waals surface area contributed by atoms with Gasteiger partial charge in [-0.3, -0.25) is 0 Å². The maximum Gasteiger partial charge on any atom is 0.187 e. The van der Waals surface area contributed by atoms with Crippen molar-refractivity contribution in [3.05, 3.63) is 47.0 Å². The van der Waals surface area contributed by atoms with Gasteiger partial charge >= 0.3 is 0 Å². The summed E-state index contributed by atoms with van der Waals surface area (Å²) in [6.07, 6.45) is 6.30. The molecular weight excluding hydrogens is 316 g/mol. The Morgan fingerprint density at radius 2 is 2.14 bits per heavy atom. The molecule has 0 atom stereocenters. The number of halogens is 1. The highest BCUT2D eigenvalue weighted by molar-refractivity contribution is 7.80. The molecule has 0 amide bonds. The predicted molar refractivity (Wildman–Crippen MR) is 89.8 cm³/mol. The molecule has 0 unspecified atom stereocenters. The molecule has 4 rings (SSSR count). The predicted octanol–water partition coefficient (Wildman–Crippen LogP) is 3.73. The van der Waals surface area contributed by atoms with Crippen LogP contribution in [0.3, 0.4) is 0 Å². The minimum absolute atomic E-state index is 0.121. The molecule has 0 aromatic carbocycles. The van der Waals surface area contributed by atoms with Crippen molar-refractivity contribution >= 4 is 29.7 Å². The molecular formula is C16H17ClN4S. The van der Waals surface area contributed by atoms with Crippen LogP contribution in [0.2, 0.25) is 5.02 Å². The van der Waals surface area contributed by atoms with E-state index in [4.69, 9.17) is 11.6 Å². The Hall–Kier alpha value is -1.46. The number of hydrogen-bond acceptors (Lipinski definition) is 3. The third-order valence-electron chi connectivity index (χ3n) is 4.81. The minimum Gasteiger partial charge on any atom is -0.322 e. The van der Waals surface area contributed by atoms with Gasteiger partial charge < -0.3 is 8.97 Å². The molecule has 1 fully saturated rings. The van der Waals surface area contributed by atoms with Crippen LogP contribution in [0, 0.1) is 5.92 Å². The average Bonchev–Trinajstić information content (AvgIpc) is 3.04. The molecule has 0 spiro atoms. The standard InChI is InChI=1S/C16H17ClN4S/c1-10-7-16(8-10,14-18-19-15(22)20(14)2)11-6-12(17)13-4-3-5-21(13)9-11/h3-6,9-10H,7-8H2,1-2H3,(H,19,22). The summed E-state index contributed by atoms with van der Waals surface area (Å²) in [5.74, 6) is 1.64. The second kappa shape index (κ2) is 4.77. The molecule has 1 aliphatic rings. The lowest BCUT2D eigenvalue weighted by atomic mass is 9.59. The van der Waals surface area contributed by atoms with Crippen LogP contribution in [0.5, 0.6) is 0 Å². The van der Waals surface area contributed by atoms with Crippen LogP contribution in [-0.2, 0) is 12.5 Å².